The summed E-state index contributed by atoms with van der Waals surface area (Å²) in [7, 11) is 0. The zero-order valence-corrected chi connectivity index (χ0v) is 11.1. The highest BCUT2D eigenvalue weighted by Crippen LogP contribution is 2.32. The molecule has 0 aliphatic carbocycles. The summed E-state index contributed by atoms with van der Waals surface area (Å²) in [6, 6.07) is 4.06. The molecule has 0 unspecified atom stereocenters. The fraction of sp³-hybridized carbons (Fsp3) is 0.571. The summed E-state index contributed by atoms with van der Waals surface area (Å²) >= 11 is 0. The zero-order valence-electron chi connectivity index (χ0n) is 11.1. The molecule has 1 aromatic rings. The smallest absolute Gasteiger partial charge is 0.129 e. The molecule has 0 saturated heterocycles. The molecular weight excluding hydrogens is 200 g/mol. The summed E-state index contributed by atoms with van der Waals surface area (Å²) in [6.07, 6.45) is 0.375. The second-order valence-electron chi connectivity index (χ2n) is 4.67. The van der Waals surface area contributed by atoms with Gasteiger partial charge in [0.1, 0.15) is 11.5 Å². The Bertz CT molecular complexity index is 354. The first kappa shape index (κ1) is 12.9. The summed E-state index contributed by atoms with van der Waals surface area (Å²) in [5.74, 6) is 1.87. The molecule has 0 spiro atoms. The number of hydrogen-bond donors (Lipinski definition) is 0. The Labute approximate surface area is 98.6 Å². The lowest BCUT2D eigenvalue weighted by Crippen LogP contribution is -2.11. The summed E-state index contributed by atoms with van der Waals surface area (Å²) in [5, 5.41) is 0. The molecule has 0 fully saturated rings. The molecule has 0 atom stereocenters. The van der Waals surface area contributed by atoms with Crippen molar-refractivity contribution in [2.45, 2.75) is 53.8 Å². The van der Waals surface area contributed by atoms with Gasteiger partial charge in [-0.1, -0.05) is 6.07 Å². The van der Waals surface area contributed by atoms with E-state index in [1.165, 1.54) is 0 Å². The predicted molar refractivity (Wildman–Crippen MR) is 67.4 cm³/mol. The van der Waals surface area contributed by atoms with E-state index in [2.05, 4.69) is 6.92 Å². The predicted octanol–water partition coefficient (Wildman–Crippen LogP) is 3.88. The van der Waals surface area contributed by atoms with Crippen molar-refractivity contribution in [1.82, 2.24) is 0 Å². The van der Waals surface area contributed by atoms with Crippen LogP contribution in [0.2, 0.25) is 0 Å². The van der Waals surface area contributed by atoms with E-state index in [9.17, 15) is 0 Å². The highest BCUT2D eigenvalue weighted by molar-refractivity contribution is 5.48. The van der Waals surface area contributed by atoms with E-state index in [0.717, 1.165) is 22.6 Å². The molecule has 1 aromatic carbocycles. The quantitative estimate of drug-likeness (QED) is 0.769. The summed E-state index contributed by atoms with van der Waals surface area (Å²) in [6.45, 7) is 12.2. The van der Waals surface area contributed by atoms with Crippen molar-refractivity contribution in [2.24, 2.45) is 0 Å². The van der Waals surface area contributed by atoms with Gasteiger partial charge in [-0.3, -0.25) is 0 Å². The first-order valence-electron chi connectivity index (χ1n) is 5.85. The lowest BCUT2D eigenvalue weighted by molar-refractivity contribution is 0.225. The van der Waals surface area contributed by atoms with Crippen LogP contribution in [0, 0.1) is 13.8 Å². The average molecular weight is 222 g/mol. The minimum Gasteiger partial charge on any atom is -0.491 e. The van der Waals surface area contributed by atoms with Gasteiger partial charge in [-0.05, 0) is 53.2 Å². The molecule has 2 nitrogen and oxygen atoms in total. The number of aryl methyl sites for hydroxylation is 1. The van der Waals surface area contributed by atoms with Gasteiger partial charge in [-0.25, -0.2) is 0 Å². The maximum Gasteiger partial charge on any atom is 0.129 e. The molecule has 0 saturated carbocycles. The number of ether oxygens (including phenoxy) is 2. The van der Waals surface area contributed by atoms with Gasteiger partial charge < -0.3 is 9.47 Å². The summed E-state index contributed by atoms with van der Waals surface area (Å²) < 4.78 is 11.6. The van der Waals surface area contributed by atoms with E-state index in [-0.39, 0.29) is 12.2 Å². The highest BCUT2D eigenvalue weighted by atomic mass is 16.5. The lowest BCUT2D eigenvalue weighted by Gasteiger charge is -2.19. The Morgan fingerprint density at radius 2 is 1.44 bits per heavy atom. The van der Waals surface area contributed by atoms with Crippen LogP contribution in [0.3, 0.4) is 0 Å². The van der Waals surface area contributed by atoms with Crippen molar-refractivity contribution in [2.75, 3.05) is 0 Å². The second kappa shape index (κ2) is 5.24. The van der Waals surface area contributed by atoms with Crippen LogP contribution in [0.4, 0.5) is 0 Å². The van der Waals surface area contributed by atoms with Crippen LogP contribution in [-0.4, -0.2) is 12.2 Å². The molecule has 1 rings (SSSR count). The number of hydrogen-bond acceptors (Lipinski definition) is 2. The van der Waals surface area contributed by atoms with Gasteiger partial charge >= 0.3 is 0 Å². The van der Waals surface area contributed by atoms with E-state index >= 15 is 0 Å². The summed E-state index contributed by atoms with van der Waals surface area (Å²) in [4.78, 5) is 0. The molecule has 0 aliphatic rings. The third-order valence-electron chi connectivity index (χ3n) is 2.27. The minimum atomic E-state index is 0.187. The summed E-state index contributed by atoms with van der Waals surface area (Å²) in [5.41, 5.74) is 2.24. The first-order valence-corrected chi connectivity index (χ1v) is 5.85. The van der Waals surface area contributed by atoms with Crippen LogP contribution in [0.1, 0.15) is 38.8 Å². The average Bonchev–Trinajstić information content (AvgIpc) is 2.16. The third kappa shape index (κ3) is 3.16. The van der Waals surface area contributed by atoms with Crippen molar-refractivity contribution in [1.29, 1.82) is 0 Å². The monoisotopic (exact) mass is 222 g/mol. The van der Waals surface area contributed by atoms with Crippen LogP contribution in [-0.2, 0) is 0 Å². The fourth-order valence-corrected chi connectivity index (χ4v) is 1.61. The second-order valence-corrected chi connectivity index (χ2v) is 4.67. The van der Waals surface area contributed by atoms with Gasteiger partial charge in [0.15, 0.2) is 0 Å². The lowest BCUT2D eigenvalue weighted by atomic mass is 10.1. The van der Waals surface area contributed by atoms with E-state index in [4.69, 9.17) is 9.47 Å². The Kier molecular flexibility index (Phi) is 4.22. The van der Waals surface area contributed by atoms with Crippen LogP contribution >= 0.6 is 0 Å². The molecule has 0 bridgehead atoms. The van der Waals surface area contributed by atoms with Gasteiger partial charge in [0.05, 0.1) is 12.2 Å². The molecule has 16 heavy (non-hydrogen) atoms. The SMILES string of the molecule is Cc1ccc(OC(C)C)c(C)c1OC(C)C. The van der Waals surface area contributed by atoms with Crippen molar-refractivity contribution < 1.29 is 9.47 Å². The molecule has 2 heteroatoms. The highest BCUT2D eigenvalue weighted by Gasteiger charge is 2.11. The Hall–Kier alpha value is -1.18. The zero-order chi connectivity index (χ0) is 12.3. The molecule has 0 aromatic heterocycles. The number of benzene rings is 1. The fourth-order valence-electron chi connectivity index (χ4n) is 1.61. The molecule has 90 valence electrons. The van der Waals surface area contributed by atoms with Crippen LogP contribution in [0.5, 0.6) is 11.5 Å². The molecule has 0 amide bonds. The normalized spacial score (nSPS) is 11.0. The van der Waals surface area contributed by atoms with E-state index < -0.39 is 0 Å². The molecule has 0 N–H and O–H groups in total. The van der Waals surface area contributed by atoms with Crippen LogP contribution < -0.4 is 9.47 Å². The van der Waals surface area contributed by atoms with Crippen molar-refractivity contribution in [3.63, 3.8) is 0 Å². The van der Waals surface area contributed by atoms with Gasteiger partial charge in [-0.2, -0.15) is 0 Å². The molecule has 0 heterocycles. The van der Waals surface area contributed by atoms with Gasteiger partial charge in [-0.15, -0.1) is 0 Å². The topological polar surface area (TPSA) is 18.5 Å². The van der Waals surface area contributed by atoms with Gasteiger partial charge in [0.2, 0.25) is 0 Å². The number of rotatable bonds is 4. The van der Waals surface area contributed by atoms with Crippen LogP contribution in [0.25, 0.3) is 0 Å². The Balaban J connectivity index is 3.06. The Morgan fingerprint density at radius 3 is 1.94 bits per heavy atom. The van der Waals surface area contributed by atoms with Gasteiger partial charge in [0.25, 0.3) is 0 Å². The van der Waals surface area contributed by atoms with Crippen molar-refractivity contribution >= 4 is 0 Å². The molecule has 0 aliphatic heterocycles. The van der Waals surface area contributed by atoms with E-state index in [0.29, 0.717) is 0 Å². The maximum atomic E-state index is 5.82. The van der Waals surface area contributed by atoms with Crippen molar-refractivity contribution in [3.05, 3.63) is 23.3 Å². The van der Waals surface area contributed by atoms with E-state index in [1.54, 1.807) is 0 Å². The first-order chi connectivity index (χ1) is 7.41. The standard InChI is InChI=1S/C14H22O2/c1-9(2)15-13-8-7-11(5)14(12(13)6)16-10(3)4/h7-10H,1-6H3. The minimum absolute atomic E-state index is 0.187. The third-order valence-corrected chi connectivity index (χ3v) is 2.27. The van der Waals surface area contributed by atoms with Crippen LogP contribution in [0.15, 0.2) is 12.1 Å². The van der Waals surface area contributed by atoms with Gasteiger partial charge in [0, 0.05) is 5.56 Å². The molecule has 0 radical (unpaired) electrons. The van der Waals surface area contributed by atoms with Crippen molar-refractivity contribution in [3.8, 4) is 11.5 Å². The Morgan fingerprint density at radius 1 is 0.875 bits per heavy atom. The molecular formula is C14H22O2. The van der Waals surface area contributed by atoms with E-state index in [1.807, 2.05) is 46.8 Å². The maximum absolute atomic E-state index is 5.82. The largest absolute Gasteiger partial charge is 0.491 e.